The van der Waals surface area contributed by atoms with E-state index in [0.29, 0.717) is 11.4 Å². The van der Waals surface area contributed by atoms with Crippen LogP contribution in [0.5, 0.6) is 0 Å². The first-order valence-electron chi connectivity index (χ1n) is 7.69. The van der Waals surface area contributed by atoms with Crippen molar-refractivity contribution in [2.75, 3.05) is 11.6 Å². The lowest BCUT2D eigenvalue weighted by Crippen LogP contribution is -2.30. The van der Waals surface area contributed by atoms with Gasteiger partial charge in [0, 0.05) is 17.3 Å². The Morgan fingerprint density at radius 1 is 1.08 bits per heavy atom. The molecular weight excluding hydrogens is 340 g/mol. The van der Waals surface area contributed by atoms with Gasteiger partial charge in [0.1, 0.15) is 11.3 Å². The first-order valence-corrected chi connectivity index (χ1v) is 9.58. The van der Waals surface area contributed by atoms with Gasteiger partial charge in [0.05, 0.1) is 10.9 Å². The number of hydrogen-bond donors (Lipinski definition) is 2. The molecular formula is C18H18N2O4S. The molecule has 0 fully saturated rings. The third-order valence-corrected chi connectivity index (χ3v) is 4.89. The second-order valence-corrected chi connectivity index (χ2v) is 7.82. The fourth-order valence-corrected chi connectivity index (χ4v) is 3.07. The van der Waals surface area contributed by atoms with Crippen molar-refractivity contribution < 1.29 is 17.6 Å². The molecule has 0 unspecified atom stereocenters. The van der Waals surface area contributed by atoms with Crippen LogP contribution in [0, 0.1) is 0 Å². The maximum Gasteiger partial charge on any atom is 0.319 e. The highest BCUT2D eigenvalue weighted by molar-refractivity contribution is 7.90. The van der Waals surface area contributed by atoms with Crippen molar-refractivity contribution >= 4 is 32.5 Å². The number of rotatable bonds is 4. The Balaban J connectivity index is 1.65. The molecule has 25 heavy (non-hydrogen) atoms. The number of furan rings is 1. The Labute approximate surface area is 145 Å². The molecule has 0 spiro atoms. The van der Waals surface area contributed by atoms with Gasteiger partial charge < -0.3 is 15.1 Å². The summed E-state index contributed by atoms with van der Waals surface area (Å²) in [6.07, 6.45) is 1.14. The van der Waals surface area contributed by atoms with E-state index in [1.165, 1.54) is 12.1 Å². The van der Waals surface area contributed by atoms with Crippen LogP contribution >= 0.6 is 0 Å². The second kappa shape index (κ2) is 6.60. The van der Waals surface area contributed by atoms with Crippen LogP contribution in [-0.2, 0) is 9.84 Å². The zero-order valence-electron chi connectivity index (χ0n) is 13.8. The van der Waals surface area contributed by atoms with Crippen molar-refractivity contribution in [2.45, 2.75) is 17.9 Å². The van der Waals surface area contributed by atoms with E-state index in [2.05, 4.69) is 10.6 Å². The molecule has 0 aliphatic carbocycles. The first kappa shape index (κ1) is 17.0. The minimum absolute atomic E-state index is 0.203. The lowest BCUT2D eigenvalue weighted by molar-refractivity contribution is 0.248. The molecule has 2 aromatic carbocycles. The lowest BCUT2D eigenvalue weighted by Gasteiger charge is -2.12. The predicted octanol–water partition coefficient (Wildman–Crippen LogP) is 3.72. The van der Waals surface area contributed by atoms with Crippen LogP contribution in [0.15, 0.2) is 63.9 Å². The zero-order valence-corrected chi connectivity index (χ0v) is 14.6. The van der Waals surface area contributed by atoms with Gasteiger partial charge in [-0.05, 0) is 43.3 Å². The Morgan fingerprint density at radius 2 is 1.76 bits per heavy atom. The number of hydrogen-bond acceptors (Lipinski definition) is 4. The number of benzene rings is 2. The second-order valence-electron chi connectivity index (χ2n) is 5.80. The van der Waals surface area contributed by atoms with E-state index in [0.717, 1.165) is 17.2 Å². The highest BCUT2D eigenvalue weighted by atomic mass is 32.2. The number of fused-ring (bicyclic) bond motifs is 1. The van der Waals surface area contributed by atoms with Crippen LogP contribution in [0.4, 0.5) is 10.5 Å². The maximum absolute atomic E-state index is 12.1. The minimum atomic E-state index is -3.26. The van der Waals surface area contributed by atoms with Crippen LogP contribution in [0.3, 0.4) is 0 Å². The van der Waals surface area contributed by atoms with Crippen LogP contribution in [0.1, 0.15) is 18.7 Å². The molecule has 0 radical (unpaired) electrons. The molecule has 6 nitrogen and oxygen atoms in total. The van der Waals surface area contributed by atoms with Crippen molar-refractivity contribution in [1.29, 1.82) is 0 Å². The summed E-state index contributed by atoms with van der Waals surface area (Å²) in [6, 6.07) is 14.8. The molecule has 2 N–H and O–H groups in total. The van der Waals surface area contributed by atoms with Gasteiger partial charge in [-0.1, -0.05) is 18.2 Å². The lowest BCUT2D eigenvalue weighted by atomic mass is 10.2. The molecule has 7 heteroatoms. The Bertz CT molecular complexity index is 974. The smallest absolute Gasteiger partial charge is 0.319 e. The van der Waals surface area contributed by atoms with E-state index < -0.39 is 15.9 Å². The number of anilines is 1. The summed E-state index contributed by atoms with van der Waals surface area (Å²) >= 11 is 0. The van der Waals surface area contributed by atoms with Gasteiger partial charge in [-0.2, -0.15) is 0 Å². The van der Waals surface area contributed by atoms with Crippen molar-refractivity contribution in [3.63, 3.8) is 0 Å². The number of carbonyl (C=O) groups is 1. The summed E-state index contributed by atoms with van der Waals surface area (Å²) in [7, 11) is -3.26. The Kier molecular flexibility index (Phi) is 4.50. The molecule has 0 saturated heterocycles. The SMILES string of the molecule is C[C@H](NC(=O)Nc1ccc(S(C)(=O)=O)cc1)c1cc2ccccc2o1. The molecule has 3 aromatic rings. The van der Waals surface area contributed by atoms with Crippen LogP contribution in [0.2, 0.25) is 0 Å². The van der Waals surface area contributed by atoms with Gasteiger partial charge >= 0.3 is 6.03 Å². The summed E-state index contributed by atoms with van der Waals surface area (Å²) in [5.41, 5.74) is 1.27. The molecule has 0 saturated carbocycles. The van der Waals surface area contributed by atoms with E-state index in [1.54, 1.807) is 12.1 Å². The first-order chi connectivity index (χ1) is 11.8. The van der Waals surface area contributed by atoms with Gasteiger partial charge in [0.2, 0.25) is 0 Å². The molecule has 130 valence electrons. The molecule has 3 rings (SSSR count). The highest BCUT2D eigenvalue weighted by Gasteiger charge is 2.14. The molecule has 2 amide bonds. The third kappa shape index (κ3) is 4.00. The van der Waals surface area contributed by atoms with Crippen LogP contribution < -0.4 is 10.6 Å². The minimum Gasteiger partial charge on any atom is -0.459 e. The number of carbonyl (C=O) groups excluding carboxylic acids is 1. The van der Waals surface area contributed by atoms with Crippen molar-refractivity contribution in [2.24, 2.45) is 0 Å². The number of urea groups is 1. The average Bonchev–Trinajstić information content (AvgIpc) is 2.98. The van der Waals surface area contributed by atoms with Crippen molar-refractivity contribution in [3.8, 4) is 0 Å². The Hall–Kier alpha value is -2.80. The number of amides is 2. The number of para-hydroxylation sites is 1. The van der Waals surface area contributed by atoms with E-state index >= 15 is 0 Å². The predicted molar refractivity (Wildman–Crippen MR) is 96.3 cm³/mol. The van der Waals surface area contributed by atoms with Gasteiger partial charge in [0.25, 0.3) is 0 Å². The molecule has 1 heterocycles. The summed E-state index contributed by atoms with van der Waals surface area (Å²) in [5, 5.41) is 6.43. The zero-order chi connectivity index (χ0) is 18.0. The largest absolute Gasteiger partial charge is 0.459 e. The monoisotopic (exact) mass is 358 g/mol. The summed E-state index contributed by atoms with van der Waals surface area (Å²) in [4.78, 5) is 12.3. The highest BCUT2D eigenvalue weighted by Crippen LogP contribution is 2.23. The fraction of sp³-hybridized carbons (Fsp3) is 0.167. The van der Waals surface area contributed by atoms with E-state index in [4.69, 9.17) is 4.42 Å². The summed E-state index contributed by atoms with van der Waals surface area (Å²) in [5.74, 6) is 0.656. The van der Waals surface area contributed by atoms with Gasteiger partial charge in [-0.3, -0.25) is 0 Å². The normalized spacial score (nSPS) is 12.7. The topological polar surface area (TPSA) is 88.4 Å². The van der Waals surface area contributed by atoms with E-state index in [-0.39, 0.29) is 10.9 Å². The van der Waals surface area contributed by atoms with Gasteiger partial charge in [0.15, 0.2) is 9.84 Å². The number of sulfone groups is 1. The molecule has 0 aliphatic rings. The molecule has 1 aromatic heterocycles. The van der Waals surface area contributed by atoms with E-state index in [9.17, 15) is 13.2 Å². The van der Waals surface area contributed by atoms with Crippen molar-refractivity contribution in [3.05, 3.63) is 60.4 Å². The molecule has 1 atom stereocenters. The fourth-order valence-electron chi connectivity index (χ4n) is 2.44. The standard InChI is InChI=1S/C18H18N2O4S/c1-12(17-11-13-5-3-4-6-16(13)24-17)19-18(21)20-14-7-9-15(10-8-14)25(2,22)23/h3-12H,1-2H3,(H2,19,20,21)/t12-/m0/s1. The van der Waals surface area contributed by atoms with Crippen LogP contribution in [0.25, 0.3) is 11.0 Å². The van der Waals surface area contributed by atoms with E-state index in [1.807, 2.05) is 37.3 Å². The Morgan fingerprint density at radius 3 is 2.40 bits per heavy atom. The summed E-state index contributed by atoms with van der Waals surface area (Å²) in [6.45, 7) is 1.82. The third-order valence-electron chi connectivity index (χ3n) is 3.76. The quantitative estimate of drug-likeness (QED) is 0.744. The molecule has 0 aliphatic heterocycles. The molecule has 0 bridgehead atoms. The van der Waals surface area contributed by atoms with Crippen molar-refractivity contribution in [1.82, 2.24) is 5.32 Å². The van der Waals surface area contributed by atoms with Gasteiger partial charge in [-0.15, -0.1) is 0 Å². The average molecular weight is 358 g/mol. The number of nitrogens with one attached hydrogen (secondary N) is 2. The summed E-state index contributed by atoms with van der Waals surface area (Å²) < 4.78 is 28.6. The maximum atomic E-state index is 12.1. The van der Waals surface area contributed by atoms with Crippen LogP contribution in [-0.4, -0.2) is 20.7 Å². The van der Waals surface area contributed by atoms with Gasteiger partial charge in [-0.25, -0.2) is 13.2 Å².